The molecule has 2 nitrogen and oxygen atoms in total. The van der Waals surface area contributed by atoms with Gasteiger partial charge in [0, 0.05) is 25.4 Å². The minimum atomic E-state index is 0.116. The highest BCUT2D eigenvalue weighted by Gasteiger charge is 2.09. The number of halogens is 1. The molecular formula is C7H14ClNO. The number of amides is 1. The minimum Gasteiger partial charge on any atom is -0.343 e. The number of hydrogen-bond donors (Lipinski definition) is 0. The van der Waals surface area contributed by atoms with Crippen molar-refractivity contribution in [1.29, 1.82) is 0 Å². The lowest BCUT2D eigenvalue weighted by Crippen LogP contribution is -2.32. The molecule has 0 aliphatic heterocycles. The Hall–Kier alpha value is -0.240. The van der Waals surface area contributed by atoms with E-state index in [-0.39, 0.29) is 11.9 Å². The van der Waals surface area contributed by atoms with Crippen molar-refractivity contribution in [3.05, 3.63) is 0 Å². The van der Waals surface area contributed by atoms with Crippen molar-refractivity contribution in [1.82, 2.24) is 4.90 Å². The van der Waals surface area contributed by atoms with Crippen LogP contribution in [0.25, 0.3) is 0 Å². The van der Waals surface area contributed by atoms with Gasteiger partial charge in [0.25, 0.3) is 0 Å². The molecule has 0 atom stereocenters. The molecule has 0 N–H and O–H groups in total. The third kappa shape index (κ3) is 3.06. The molecule has 0 rings (SSSR count). The number of nitrogens with zero attached hydrogens (tertiary/aromatic N) is 1. The highest BCUT2D eigenvalue weighted by Crippen LogP contribution is 1.98. The lowest BCUT2D eigenvalue weighted by Gasteiger charge is -2.20. The van der Waals surface area contributed by atoms with Gasteiger partial charge in [0.1, 0.15) is 0 Å². The first-order chi connectivity index (χ1) is 4.59. The van der Waals surface area contributed by atoms with E-state index in [1.807, 2.05) is 13.8 Å². The predicted molar refractivity (Wildman–Crippen MR) is 43.2 cm³/mol. The van der Waals surface area contributed by atoms with Gasteiger partial charge in [-0.2, -0.15) is 0 Å². The number of hydrogen-bond acceptors (Lipinski definition) is 1. The third-order valence-corrected chi connectivity index (χ3v) is 1.67. The highest BCUT2D eigenvalue weighted by atomic mass is 35.5. The molecule has 0 heterocycles. The van der Waals surface area contributed by atoms with E-state index in [9.17, 15) is 4.79 Å². The van der Waals surface area contributed by atoms with Gasteiger partial charge >= 0.3 is 0 Å². The molecule has 0 aromatic carbocycles. The molecule has 10 heavy (non-hydrogen) atoms. The second-order valence-corrected chi connectivity index (χ2v) is 2.92. The summed E-state index contributed by atoms with van der Waals surface area (Å²) in [5.41, 5.74) is 0. The molecule has 0 bridgehead atoms. The van der Waals surface area contributed by atoms with Gasteiger partial charge in [0.2, 0.25) is 5.91 Å². The average Bonchev–Trinajstić information content (AvgIpc) is 1.87. The second kappa shape index (κ2) is 4.56. The normalized spacial score (nSPS) is 10.1. The van der Waals surface area contributed by atoms with E-state index in [1.54, 1.807) is 11.9 Å². The summed E-state index contributed by atoms with van der Waals surface area (Å²) in [6.45, 7) is 3.96. The minimum absolute atomic E-state index is 0.116. The van der Waals surface area contributed by atoms with Crippen molar-refractivity contribution in [3.63, 3.8) is 0 Å². The van der Waals surface area contributed by atoms with Gasteiger partial charge in [-0.3, -0.25) is 4.79 Å². The summed E-state index contributed by atoms with van der Waals surface area (Å²) in [7, 11) is 1.79. The van der Waals surface area contributed by atoms with Crippen molar-refractivity contribution in [2.75, 3.05) is 12.9 Å². The van der Waals surface area contributed by atoms with Gasteiger partial charge < -0.3 is 4.90 Å². The van der Waals surface area contributed by atoms with Gasteiger partial charge in [-0.25, -0.2) is 0 Å². The number of carbonyl (C=O) groups excluding carboxylic acids is 1. The summed E-state index contributed by atoms with van der Waals surface area (Å²) in [6, 6.07) is 0.274. The van der Waals surface area contributed by atoms with Crippen LogP contribution in [0.4, 0.5) is 0 Å². The molecule has 0 saturated heterocycles. The van der Waals surface area contributed by atoms with Crippen LogP contribution >= 0.6 is 11.6 Å². The molecule has 1 amide bonds. The van der Waals surface area contributed by atoms with E-state index < -0.39 is 0 Å². The van der Waals surface area contributed by atoms with Gasteiger partial charge in [0.05, 0.1) is 0 Å². The van der Waals surface area contributed by atoms with E-state index in [0.29, 0.717) is 12.3 Å². The molecule has 0 aromatic rings. The van der Waals surface area contributed by atoms with Crippen LogP contribution in [0.5, 0.6) is 0 Å². The number of carbonyl (C=O) groups is 1. The van der Waals surface area contributed by atoms with Crippen molar-refractivity contribution >= 4 is 17.5 Å². The lowest BCUT2D eigenvalue weighted by atomic mass is 10.3. The Morgan fingerprint density at radius 1 is 1.60 bits per heavy atom. The summed E-state index contributed by atoms with van der Waals surface area (Å²) >= 11 is 5.40. The summed E-state index contributed by atoms with van der Waals surface area (Å²) in [5.74, 6) is 0.528. The number of alkyl halides is 1. The van der Waals surface area contributed by atoms with Crippen molar-refractivity contribution in [2.45, 2.75) is 26.3 Å². The number of rotatable bonds is 3. The molecule has 3 heteroatoms. The first-order valence-electron chi connectivity index (χ1n) is 3.41. The maximum atomic E-state index is 11.0. The SMILES string of the molecule is CC(C)N(C)C(=O)CCCl. The fourth-order valence-corrected chi connectivity index (χ4v) is 0.707. The zero-order valence-electron chi connectivity index (χ0n) is 6.72. The van der Waals surface area contributed by atoms with E-state index in [4.69, 9.17) is 11.6 Å². The third-order valence-electron chi connectivity index (χ3n) is 1.48. The van der Waals surface area contributed by atoms with Crippen LogP contribution in [-0.2, 0) is 4.79 Å². The van der Waals surface area contributed by atoms with E-state index >= 15 is 0 Å². The molecular weight excluding hydrogens is 150 g/mol. The first kappa shape index (κ1) is 9.76. The fourth-order valence-electron chi connectivity index (χ4n) is 0.545. The van der Waals surface area contributed by atoms with Crippen LogP contribution in [0.15, 0.2) is 0 Å². The van der Waals surface area contributed by atoms with E-state index in [0.717, 1.165) is 0 Å². The Balaban J connectivity index is 3.71. The molecule has 0 aliphatic carbocycles. The molecule has 0 spiro atoms. The standard InChI is InChI=1S/C7H14ClNO/c1-6(2)9(3)7(10)4-5-8/h6H,4-5H2,1-3H3. The molecule has 0 aromatic heterocycles. The Morgan fingerprint density at radius 2 is 2.10 bits per heavy atom. The van der Waals surface area contributed by atoms with Crippen LogP contribution in [0.3, 0.4) is 0 Å². The quantitative estimate of drug-likeness (QED) is 0.578. The molecule has 0 radical (unpaired) electrons. The van der Waals surface area contributed by atoms with Gasteiger partial charge in [-0.15, -0.1) is 11.6 Å². The van der Waals surface area contributed by atoms with Crippen molar-refractivity contribution in [2.24, 2.45) is 0 Å². The zero-order chi connectivity index (χ0) is 8.15. The maximum Gasteiger partial charge on any atom is 0.223 e. The van der Waals surface area contributed by atoms with Gasteiger partial charge in [0.15, 0.2) is 0 Å². The largest absolute Gasteiger partial charge is 0.343 e. The summed E-state index contributed by atoms with van der Waals surface area (Å²) in [5, 5.41) is 0. The van der Waals surface area contributed by atoms with Crippen LogP contribution in [0, 0.1) is 0 Å². The van der Waals surface area contributed by atoms with Crippen LogP contribution in [0.1, 0.15) is 20.3 Å². The molecule has 0 aliphatic rings. The monoisotopic (exact) mass is 163 g/mol. The maximum absolute atomic E-state index is 11.0. The lowest BCUT2D eigenvalue weighted by molar-refractivity contribution is -0.130. The Labute approximate surface area is 67.2 Å². The molecule has 0 fully saturated rings. The summed E-state index contributed by atoms with van der Waals surface area (Å²) in [6.07, 6.45) is 0.441. The van der Waals surface area contributed by atoms with Gasteiger partial charge in [-0.1, -0.05) is 0 Å². The second-order valence-electron chi connectivity index (χ2n) is 2.54. The van der Waals surface area contributed by atoms with Crippen molar-refractivity contribution in [3.8, 4) is 0 Å². The summed E-state index contributed by atoms with van der Waals surface area (Å²) < 4.78 is 0. The van der Waals surface area contributed by atoms with Crippen molar-refractivity contribution < 1.29 is 4.79 Å². The molecule has 0 unspecified atom stereocenters. The Bertz CT molecular complexity index is 114. The van der Waals surface area contributed by atoms with Crippen LogP contribution in [0.2, 0.25) is 0 Å². The van der Waals surface area contributed by atoms with Gasteiger partial charge in [-0.05, 0) is 13.8 Å². The zero-order valence-corrected chi connectivity index (χ0v) is 7.48. The Morgan fingerprint density at radius 3 is 2.40 bits per heavy atom. The first-order valence-corrected chi connectivity index (χ1v) is 3.94. The molecule has 60 valence electrons. The summed E-state index contributed by atoms with van der Waals surface area (Å²) in [4.78, 5) is 12.7. The predicted octanol–water partition coefficient (Wildman–Crippen LogP) is 1.48. The Kier molecular flexibility index (Phi) is 4.45. The smallest absolute Gasteiger partial charge is 0.223 e. The average molecular weight is 164 g/mol. The van der Waals surface area contributed by atoms with Crippen LogP contribution < -0.4 is 0 Å². The topological polar surface area (TPSA) is 20.3 Å². The van der Waals surface area contributed by atoms with E-state index in [2.05, 4.69) is 0 Å². The fraction of sp³-hybridized carbons (Fsp3) is 0.857. The highest BCUT2D eigenvalue weighted by molar-refractivity contribution is 6.18. The van der Waals surface area contributed by atoms with Crippen LogP contribution in [-0.4, -0.2) is 29.8 Å². The molecule has 0 saturated carbocycles. The van der Waals surface area contributed by atoms with E-state index in [1.165, 1.54) is 0 Å².